The minimum absolute atomic E-state index is 0.171. The highest BCUT2D eigenvalue weighted by Crippen LogP contribution is 2.36. The predicted octanol–water partition coefficient (Wildman–Crippen LogP) is 2.44. The lowest BCUT2D eigenvalue weighted by molar-refractivity contribution is 0.0927. The van der Waals surface area contributed by atoms with Crippen molar-refractivity contribution in [2.75, 3.05) is 26.3 Å². The molecule has 0 aromatic rings. The number of nitrogens with one attached hydrogen (secondary N) is 1. The molecule has 100 valence electrons. The molecule has 2 nitrogen and oxygen atoms in total. The van der Waals surface area contributed by atoms with Crippen LogP contribution in [0.5, 0.6) is 0 Å². The van der Waals surface area contributed by atoms with E-state index in [9.17, 15) is 4.39 Å². The molecule has 2 aliphatic rings. The van der Waals surface area contributed by atoms with Gasteiger partial charge in [0.25, 0.3) is 0 Å². The van der Waals surface area contributed by atoms with Crippen LogP contribution in [0.25, 0.3) is 0 Å². The van der Waals surface area contributed by atoms with E-state index in [0.717, 1.165) is 31.5 Å². The maximum atomic E-state index is 12.4. The number of hydrogen-bond acceptors (Lipinski definition) is 2. The summed E-state index contributed by atoms with van der Waals surface area (Å²) in [5, 5.41) is 3.71. The molecule has 3 unspecified atom stereocenters. The Morgan fingerprint density at radius 2 is 2.18 bits per heavy atom. The van der Waals surface area contributed by atoms with E-state index < -0.39 is 0 Å². The first kappa shape index (κ1) is 13.3. The molecule has 17 heavy (non-hydrogen) atoms. The Kier molecular flexibility index (Phi) is 4.80. The smallest absolute Gasteiger partial charge is 0.0906 e. The molecular weight excluding hydrogens is 215 g/mol. The van der Waals surface area contributed by atoms with E-state index in [-0.39, 0.29) is 6.67 Å². The van der Waals surface area contributed by atoms with Crippen molar-refractivity contribution in [3.05, 3.63) is 0 Å². The van der Waals surface area contributed by atoms with Crippen LogP contribution in [0.4, 0.5) is 4.39 Å². The molecule has 0 spiro atoms. The minimum atomic E-state index is -0.171. The lowest BCUT2D eigenvalue weighted by Crippen LogP contribution is -2.59. The summed E-state index contributed by atoms with van der Waals surface area (Å²) in [6.45, 7) is 7.59. The molecular formula is C14H27FN2. The molecule has 0 aromatic heterocycles. The second-order valence-electron chi connectivity index (χ2n) is 5.84. The van der Waals surface area contributed by atoms with Gasteiger partial charge in [0.15, 0.2) is 0 Å². The standard InChI is InChI=1S/C14H27FN2/c1-3-11(2)13-10-17(8-4-7-15)14(9-16-13)12-5-6-12/h11-14,16H,3-10H2,1-2H3. The summed E-state index contributed by atoms with van der Waals surface area (Å²) < 4.78 is 12.4. The molecule has 0 aromatic carbocycles. The Hall–Kier alpha value is -0.150. The molecule has 0 amide bonds. The molecule has 1 heterocycles. The lowest BCUT2D eigenvalue weighted by atomic mass is 9.94. The molecule has 1 aliphatic carbocycles. The number of nitrogens with zero attached hydrogens (tertiary/aromatic N) is 1. The highest BCUT2D eigenvalue weighted by molar-refractivity contribution is 4.95. The van der Waals surface area contributed by atoms with Gasteiger partial charge in [-0.25, -0.2) is 0 Å². The van der Waals surface area contributed by atoms with Crippen molar-refractivity contribution in [2.45, 2.75) is 51.6 Å². The van der Waals surface area contributed by atoms with Crippen molar-refractivity contribution in [3.8, 4) is 0 Å². The summed E-state index contributed by atoms with van der Waals surface area (Å²) >= 11 is 0. The van der Waals surface area contributed by atoms with Gasteiger partial charge < -0.3 is 5.32 Å². The Labute approximate surface area is 105 Å². The molecule has 3 heteroatoms. The Morgan fingerprint density at radius 3 is 2.76 bits per heavy atom. The summed E-state index contributed by atoms with van der Waals surface area (Å²) in [6.07, 6.45) is 4.69. The molecule has 0 radical (unpaired) electrons. The zero-order valence-electron chi connectivity index (χ0n) is 11.3. The van der Waals surface area contributed by atoms with E-state index in [1.165, 1.54) is 19.3 Å². The van der Waals surface area contributed by atoms with Crippen molar-refractivity contribution in [2.24, 2.45) is 11.8 Å². The average Bonchev–Trinajstić information content (AvgIpc) is 3.19. The van der Waals surface area contributed by atoms with Crippen molar-refractivity contribution in [3.63, 3.8) is 0 Å². The summed E-state index contributed by atoms with van der Waals surface area (Å²) in [4.78, 5) is 2.56. The predicted molar refractivity (Wildman–Crippen MR) is 69.9 cm³/mol. The van der Waals surface area contributed by atoms with E-state index in [4.69, 9.17) is 0 Å². The summed E-state index contributed by atoms with van der Waals surface area (Å²) in [7, 11) is 0. The normalized spacial score (nSPS) is 32.6. The van der Waals surface area contributed by atoms with Crippen LogP contribution in [-0.4, -0.2) is 43.3 Å². The highest BCUT2D eigenvalue weighted by atomic mass is 19.1. The number of hydrogen-bond donors (Lipinski definition) is 1. The Bertz CT molecular complexity index is 230. The third-order valence-electron chi connectivity index (χ3n) is 4.57. The molecule has 2 fully saturated rings. The molecule has 1 N–H and O–H groups in total. The SMILES string of the molecule is CCC(C)C1CN(CCCF)C(C2CC2)CN1. The second kappa shape index (κ2) is 6.14. The summed E-state index contributed by atoms with van der Waals surface area (Å²) in [6, 6.07) is 1.29. The molecule has 3 atom stereocenters. The zero-order chi connectivity index (χ0) is 12.3. The Morgan fingerprint density at radius 1 is 1.41 bits per heavy atom. The van der Waals surface area contributed by atoms with Gasteiger partial charge in [-0.3, -0.25) is 9.29 Å². The number of piperazine rings is 1. The van der Waals surface area contributed by atoms with Crippen LogP contribution in [0.2, 0.25) is 0 Å². The van der Waals surface area contributed by atoms with Crippen LogP contribution in [0.1, 0.15) is 39.5 Å². The van der Waals surface area contributed by atoms with Gasteiger partial charge in [-0.05, 0) is 31.1 Å². The van der Waals surface area contributed by atoms with Gasteiger partial charge >= 0.3 is 0 Å². The quantitative estimate of drug-likeness (QED) is 0.769. The monoisotopic (exact) mass is 242 g/mol. The number of rotatable bonds is 6. The second-order valence-corrected chi connectivity index (χ2v) is 5.84. The van der Waals surface area contributed by atoms with E-state index >= 15 is 0 Å². The molecule has 1 aliphatic heterocycles. The van der Waals surface area contributed by atoms with Crippen molar-refractivity contribution in [1.29, 1.82) is 0 Å². The summed E-state index contributed by atoms with van der Waals surface area (Å²) in [5.74, 6) is 1.61. The number of halogens is 1. The van der Waals surface area contributed by atoms with E-state index in [0.29, 0.717) is 18.5 Å². The fourth-order valence-corrected chi connectivity index (χ4v) is 2.99. The van der Waals surface area contributed by atoms with Gasteiger partial charge in [0.05, 0.1) is 6.67 Å². The van der Waals surface area contributed by atoms with Crippen molar-refractivity contribution in [1.82, 2.24) is 10.2 Å². The van der Waals surface area contributed by atoms with Crippen LogP contribution in [0.3, 0.4) is 0 Å². The fourth-order valence-electron chi connectivity index (χ4n) is 2.99. The van der Waals surface area contributed by atoms with E-state index in [1.54, 1.807) is 0 Å². The lowest BCUT2D eigenvalue weighted by Gasteiger charge is -2.42. The largest absolute Gasteiger partial charge is 0.311 e. The third-order valence-corrected chi connectivity index (χ3v) is 4.57. The van der Waals surface area contributed by atoms with Crippen LogP contribution < -0.4 is 5.32 Å². The highest BCUT2D eigenvalue weighted by Gasteiger charge is 2.39. The zero-order valence-corrected chi connectivity index (χ0v) is 11.3. The first-order valence-corrected chi connectivity index (χ1v) is 7.29. The Balaban J connectivity index is 1.89. The van der Waals surface area contributed by atoms with Crippen LogP contribution in [-0.2, 0) is 0 Å². The van der Waals surface area contributed by atoms with Crippen LogP contribution >= 0.6 is 0 Å². The average molecular weight is 242 g/mol. The van der Waals surface area contributed by atoms with Gasteiger partial charge in [0.1, 0.15) is 0 Å². The van der Waals surface area contributed by atoms with E-state index in [1.807, 2.05) is 0 Å². The van der Waals surface area contributed by atoms with Crippen molar-refractivity contribution >= 4 is 0 Å². The maximum absolute atomic E-state index is 12.4. The molecule has 1 saturated carbocycles. The first-order valence-electron chi connectivity index (χ1n) is 7.29. The van der Waals surface area contributed by atoms with Gasteiger partial charge in [-0.2, -0.15) is 0 Å². The maximum Gasteiger partial charge on any atom is 0.0906 e. The summed E-state index contributed by atoms with van der Waals surface area (Å²) in [5.41, 5.74) is 0. The van der Waals surface area contributed by atoms with E-state index in [2.05, 4.69) is 24.1 Å². The molecule has 2 rings (SSSR count). The fraction of sp³-hybridized carbons (Fsp3) is 1.00. The first-order chi connectivity index (χ1) is 8.26. The van der Waals surface area contributed by atoms with Crippen molar-refractivity contribution < 1.29 is 4.39 Å². The van der Waals surface area contributed by atoms with Gasteiger partial charge in [0.2, 0.25) is 0 Å². The third kappa shape index (κ3) is 3.41. The van der Waals surface area contributed by atoms with Gasteiger partial charge in [-0.15, -0.1) is 0 Å². The topological polar surface area (TPSA) is 15.3 Å². The van der Waals surface area contributed by atoms with Gasteiger partial charge in [0, 0.05) is 31.7 Å². The molecule has 0 bridgehead atoms. The number of alkyl halides is 1. The van der Waals surface area contributed by atoms with Crippen LogP contribution in [0.15, 0.2) is 0 Å². The minimum Gasteiger partial charge on any atom is -0.311 e. The van der Waals surface area contributed by atoms with Gasteiger partial charge in [-0.1, -0.05) is 20.3 Å². The van der Waals surface area contributed by atoms with Crippen LogP contribution in [0, 0.1) is 11.8 Å². The molecule has 1 saturated heterocycles.